The monoisotopic (exact) mass is 146 g/mol. The van der Waals surface area contributed by atoms with Crippen molar-refractivity contribution in [1.82, 2.24) is 0 Å². The fraction of sp³-hybridized carbons (Fsp3) is 0.200. The number of anilines is 1. The highest BCUT2D eigenvalue weighted by Crippen LogP contribution is 2.11. The third-order valence-corrected chi connectivity index (χ3v) is 1.59. The van der Waals surface area contributed by atoms with E-state index in [1.165, 1.54) is 5.69 Å². The molecule has 11 heavy (non-hydrogen) atoms. The highest BCUT2D eigenvalue weighted by molar-refractivity contribution is 5.46. The predicted molar refractivity (Wildman–Crippen MR) is 48.7 cm³/mol. The van der Waals surface area contributed by atoms with Crippen molar-refractivity contribution in [2.75, 3.05) is 19.0 Å². The predicted octanol–water partition coefficient (Wildman–Crippen LogP) is 2.09. The number of benzene rings is 1. The van der Waals surface area contributed by atoms with Gasteiger partial charge < -0.3 is 4.90 Å². The van der Waals surface area contributed by atoms with Crippen LogP contribution >= 0.6 is 0 Å². The van der Waals surface area contributed by atoms with Crippen LogP contribution in [0.25, 0.3) is 0 Å². The highest BCUT2D eigenvalue weighted by atomic mass is 15.1. The molecule has 0 spiro atoms. The lowest BCUT2D eigenvalue weighted by Gasteiger charge is -2.11. The summed E-state index contributed by atoms with van der Waals surface area (Å²) in [4.78, 5) is 2.06. The van der Waals surface area contributed by atoms with Crippen molar-refractivity contribution in [3.05, 3.63) is 42.5 Å². The first-order valence-electron chi connectivity index (χ1n) is 3.54. The zero-order valence-corrected chi connectivity index (χ0v) is 6.96. The smallest absolute Gasteiger partial charge is 0.0361 e. The maximum absolute atomic E-state index is 3.57. The summed E-state index contributed by atoms with van der Waals surface area (Å²) in [6.45, 7) is 3.57. The molecule has 0 saturated carbocycles. The van der Waals surface area contributed by atoms with Crippen molar-refractivity contribution in [3.63, 3.8) is 0 Å². The standard InChI is InChI=1S/C10H12N/c1-4-9-5-7-10(8-6-9)11(2)3/h5-8H,1H2,2-3H3. The Bertz CT molecular complexity index is 234. The second-order valence-corrected chi connectivity index (χ2v) is 2.62. The Morgan fingerprint density at radius 1 is 1.18 bits per heavy atom. The molecule has 57 valence electrons. The molecule has 1 heteroatoms. The molecule has 0 bridgehead atoms. The van der Waals surface area contributed by atoms with E-state index in [1.54, 1.807) is 0 Å². The van der Waals surface area contributed by atoms with Gasteiger partial charge in [0.25, 0.3) is 0 Å². The van der Waals surface area contributed by atoms with Crippen molar-refractivity contribution < 1.29 is 0 Å². The summed E-state index contributed by atoms with van der Waals surface area (Å²) < 4.78 is 0. The molecule has 1 rings (SSSR count). The zero-order chi connectivity index (χ0) is 8.27. The van der Waals surface area contributed by atoms with Gasteiger partial charge in [0.05, 0.1) is 0 Å². The number of nitrogens with zero attached hydrogens (tertiary/aromatic N) is 1. The summed E-state index contributed by atoms with van der Waals surface area (Å²) in [5.74, 6) is 0. The van der Waals surface area contributed by atoms with E-state index in [-0.39, 0.29) is 0 Å². The third kappa shape index (κ3) is 1.84. The van der Waals surface area contributed by atoms with Crippen LogP contribution < -0.4 is 4.90 Å². The van der Waals surface area contributed by atoms with Crippen LogP contribution in [-0.2, 0) is 0 Å². The summed E-state index contributed by atoms with van der Waals surface area (Å²) in [7, 11) is 4.04. The maximum Gasteiger partial charge on any atom is 0.0361 e. The average molecular weight is 146 g/mol. The molecule has 0 amide bonds. The highest BCUT2D eigenvalue weighted by Gasteiger charge is 1.92. The molecule has 1 aromatic carbocycles. The molecule has 1 nitrogen and oxygen atoms in total. The SMILES string of the molecule is C=[C]c1ccc(N(C)C)cc1. The summed E-state index contributed by atoms with van der Waals surface area (Å²) in [6.07, 6.45) is 2.82. The molecule has 0 aliphatic rings. The lowest BCUT2D eigenvalue weighted by molar-refractivity contribution is 1.13. The quantitative estimate of drug-likeness (QED) is 0.617. The van der Waals surface area contributed by atoms with Crippen LogP contribution in [0.1, 0.15) is 5.56 Å². The van der Waals surface area contributed by atoms with Crippen molar-refractivity contribution >= 4 is 5.69 Å². The van der Waals surface area contributed by atoms with Crippen LogP contribution in [0.15, 0.2) is 30.8 Å². The van der Waals surface area contributed by atoms with Gasteiger partial charge in [-0.3, -0.25) is 0 Å². The average Bonchev–Trinajstić information content (AvgIpc) is 2.05. The minimum absolute atomic E-state index is 1.04. The third-order valence-electron chi connectivity index (χ3n) is 1.59. The Hall–Kier alpha value is -1.24. The van der Waals surface area contributed by atoms with E-state index in [9.17, 15) is 0 Å². The zero-order valence-electron chi connectivity index (χ0n) is 6.96. The second kappa shape index (κ2) is 3.24. The Morgan fingerprint density at radius 3 is 2.09 bits per heavy atom. The number of rotatable bonds is 2. The van der Waals surface area contributed by atoms with Gasteiger partial charge in [-0.05, 0) is 23.8 Å². The van der Waals surface area contributed by atoms with Crippen LogP contribution in [0, 0.1) is 6.08 Å². The molecule has 0 heterocycles. The van der Waals surface area contributed by atoms with Gasteiger partial charge in [-0.15, -0.1) is 0 Å². The Kier molecular flexibility index (Phi) is 2.32. The van der Waals surface area contributed by atoms with Crippen molar-refractivity contribution in [2.45, 2.75) is 0 Å². The minimum atomic E-state index is 1.04. The first-order chi connectivity index (χ1) is 5.24. The van der Waals surface area contributed by atoms with Crippen LogP contribution in [0.4, 0.5) is 5.69 Å². The Labute approximate surface area is 68.0 Å². The first-order valence-corrected chi connectivity index (χ1v) is 3.54. The van der Waals surface area contributed by atoms with Crippen LogP contribution in [0.5, 0.6) is 0 Å². The fourth-order valence-corrected chi connectivity index (χ4v) is 0.877. The molecule has 0 atom stereocenters. The van der Waals surface area contributed by atoms with E-state index in [0.29, 0.717) is 0 Å². The summed E-state index contributed by atoms with van der Waals surface area (Å²) in [5.41, 5.74) is 2.24. The molecule has 0 unspecified atom stereocenters. The van der Waals surface area contributed by atoms with Gasteiger partial charge in [0.2, 0.25) is 0 Å². The van der Waals surface area contributed by atoms with Crippen LogP contribution in [-0.4, -0.2) is 14.1 Å². The Morgan fingerprint density at radius 2 is 1.73 bits per heavy atom. The van der Waals surface area contributed by atoms with Gasteiger partial charge in [-0.25, -0.2) is 0 Å². The first kappa shape index (κ1) is 7.86. The lowest BCUT2D eigenvalue weighted by Crippen LogP contribution is -2.07. The molecule has 1 aromatic rings. The van der Waals surface area contributed by atoms with E-state index < -0.39 is 0 Å². The van der Waals surface area contributed by atoms with Gasteiger partial charge >= 0.3 is 0 Å². The number of hydrogen-bond acceptors (Lipinski definition) is 1. The largest absolute Gasteiger partial charge is 0.378 e. The van der Waals surface area contributed by atoms with Gasteiger partial charge in [-0.2, -0.15) is 0 Å². The van der Waals surface area contributed by atoms with Crippen molar-refractivity contribution in [1.29, 1.82) is 0 Å². The van der Waals surface area contributed by atoms with Gasteiger partial charge in [0.1, 0.15) is 0 Å². The van der Waals surface area contributed by atoms with Gasteiger partial charge in [0, 0.05) is 19.8 Å². The molecule has 0 N–H and O–H groups in total. The topological polar surface area (TPSA) is 3.24 Å². The maximum atomic E-state index is 3.57. The van der Waals surface area contributed by atoms with E-state index in [2.05, 4.69) is 17.6 Å². The van der Waals surface area contributed by atoms with E-state index in [4.69, 9.17) is 0 Å². The van der Waals surface area contributed by atoms with Gasteiger partial charge in [-0.1, -0.05) is 18.7 Å². The normalized spacial score (nSPS) is 9.27. The lowest BCUT2D eigenvalue weighted by atomic mass is 10.2. The van der Waals surface area contributed by atoms with E-state index >= 15 is 0 Å². The molecule has 0 aliphatic carbocycles. The second-order valence-electron chi connectivity index (χ2n) is 2.62. The summed E-state index contributed by atoms with van der Waals surface area (Å²) in [6, 6.07) is 8.10. The molecule has 0 aromatic heterocycles. The number of hydrogen-bond donors (Lipinski definition) is 0. The van der Waals surface area contributed by atoms with Gasteiger partial charge in [0.15, 0.2) is 0 Å². The van der Waals surface area contributed by atoms with E-state index in [1.807, 2.05) is 38.4 Å². The van der Waals surface area contributed by atoms with Crippen molar-refractivity contribution in [2.24, 2.45) is 0 Å². The fourth-order valence-electron chi connectivity index (χ4n) is 0.877. The molecule has 1 radical (unpaired) electrons. The molecule has 0 fully saturated rings. The summed E-state index contributed by atoms with van der Waals surface area (Å²) >= 11 is 0. The van der Waals surface area contributed by atoms with Crippen LogP contribution in [0.3, 0.4) is 0 Å². The molecular weight excluding hydrogens is 134 g/mol. The minimum Gasteiger partial charge on any atom is -0.378 e. The Balaban J connectivity index is 2.91. The van der Waals surface area contributed by atoms with Crippen LogP contribution in [0.2, 0.25) is 0 Å². The summed E-state index contributed by atoms with van der Waals surface area (Å²) in [5, 5.41) is 0. The van der Waals surface area contributed by atoms with E-state index in [0.717, 1.165) is 5.56 Å². The molecular formula is C10H12N. The molecule has 0 aliphatic heterocycles. The molecule has 0 saturated heterocycles. The van der Waals surface area contributed by atoms with Crippen molar-refractivity contribution in [3.8, 4) is 0 Å².